The zero-order valence-corrected chi connectivity index (χ0v) is 13.1. The smallest absolute Gasteiger partial charge is 0.306 e. The maximum atomic E-state index is 11.1. The highest BCUT2D eigenvalue weighted by Gasteiger charge is 2.44. The molecule has 18 heavy (non-hydrogen) atoms. The first-order valence-electron chi connectivity index (χ1n) is 6.60. The molecular weight excluding hydrogens is 248 g/mol. The lowest BCUT2D eigenvalue weighted by molar-refractivity contribution is -0.143. The summed E-state index contributed by atoms with van der Waals surface area (Å²) in [5.41, 5.74) is 0. The lowest BCUT2D eigenvalue weighted by atomic mass is 9.97. The molecule has 1 unspecified atom stereocenters. The molecule has 0 aromatic heterocycles. The van der Waals surface area contributed by atoms with E-state index in [1.54, 1.807) is 0 Å². The monoisotopic (exact) mass is 274 g/mol. The molecule has 0 aliphatic heterocycles. The quantitative estimate of drug-likeness (QED) is 0.773. The maximum absolute atomic E-state index is 11.1. The van der Waals surface area contributed by atoms with Crippen LogP contribution in [0.25, 0.3) is 0 Å². The fourth-order valence-electron chi connectivity index (χ4n) is 2.27. The van der Waals surface area contributed by atoms with Crippen LogP contribution in [0.1, 0.15) is 33.6 Å². The van der Waals surface area contributed by atoms with E-state index >= 15 is 0 Å². The van der Waals surface area contributed by atoms with Crippen molar-refractivity contribution in [1.82, 2.24) is 0 Å². The number of aliphatic hydroxyl groups excluding tert-OH is 1. The SMILES string of the molecule is CC(C)(C)[Si](C)(C)OC1C[C@@H](CO)[C@H](C(=O)O)C1. The normalized spacial score (nSPS) is 29.6. The number of carboxylic acid groups (broad SMARTS) is 1. The third-order valence-corrected chi connectivity index (χ3v) is 9.01. The second-order valence-corrected chi connectivity index (χ2v) is 11.6. The summed E-state index contributed by atoms with van der Waals surface area (Å²) in [6, 6.07) is 0. The molecule has 0 aromatic rings. The van der Waals surface area contributed by atoms with Gasteiger partial charge in [-0.15, -0.1) is 0 Å². The second kappa shape index (κ2) is 5.31. The first-order chi connectivity index (χ1) is 8.08. The van der Waals surface area contributed by atoms with Crippen LogP contribution >= 0.6 is 0 Å². The van der Waals surface area contributed by atoms with E-state index in [0.717, 1.165) is 0 Å². The number of hydrogen-bond acceptors (Lipinski definition) is 3. The molecule has 1 aliphatic rings. The largest absolute Gasteiger partial charge is 0.481 e. The molecule has 0 heterocycles. The zero-order chi connectivity index (χ0) is 14.1. The summed E-state index contributed by atoms with van der Waals surface area (Å²) < 4.78 is 6.24. The van der Waals surface area contributed by atoms with E-state index in [1.165, 1.54) is 0 Å². The van der Waals surface area contributed by atoms with E-state index in [-0.39, 0.29) is 23.7 Å². The van der Waals surface area contributed by atoms with Crippen molar-refractivity contribution in [3.63, 3.8) is 0 Å². The second-order valence-electron chi connectivity index (χ2n) is 6.86. The topological polar surface area (TPSA) is 66.8 Å². The summed E-state index contributed by atoms with van der Waals surface area (Å²) in [4.78, 5) is 11.1. The minimum atomic E-state index is -1.85. The molecular formula is C13H26O4Si. The summed E-state index contributed by atoms with van der Waals surface area (Å²) in [5.74, 6) is -1.42. The van der Waals surface area contributed by atoms with Crippen molar-refractivity contribution < 1.29 is 19.4 Å². The molecule has 1 saturated carbocycles. The van der Waals surface area contributed by atoms with E-state index in [9.17, 15) is 9.90 Å². The number of carboxylic acids is 1. The summed E-state index contributed by atoms with van der Waals surface area (Å²) in [7, 11) is -1.85. The van der Waals surface area contributed by atoms with Crippen LogP contribution < -0.4 is 0 Å². The Hall–Kier alpha value is -0.393. The van der Waals surface area contributed by atoms with Crippen LogP contribution in [0.3, 0.4) is 0 Å². The van der Waals surface area contributed by atoms with Crippen LogP contribution in [0.2, 0.25) is 18.1 Å². The van der Waals surface area contributed by atoms with Crippen molar-refractivity contribution in [3.05, 3.63) is 0 Å². The molecule has 0 bridgehead atoms. The van der Waals surface area contributed by atoms with Gasteiger partial charge in [-0.3, -0.25) is 4.79 Å². The average Bonchev–Trinajstić information content (AvgIpc) is 2.58. The molecule has 1 fully saturated rings. The Morgan fingerprint density at radius 3 is 2.22 bits per heavy atom. The zero-order valence-electron chi connectivity index (χ0n) is 12.1. The third-order valence-electron chi connectivity index (χ3n) is 4.47. The minimum Gasteiger partial charge on any atom is -0.481 e. The molecule has 5 heteroatoms. The summed E-state index contributed by atoms with van der Waals surface area (Å²) >= 11 is 0. The Kier molecular flexibility index (Phi) is 4.62. The number of hydrogen-bond donors (Lipinski definition) is 2. The van der Waals surface area contributed by atoms with Crippen LogP contribution in [-0.2, 0) is 9.22 Å². The van der Waals surface area contributed by atoms with E-state index in [1.807, 2.05) is 0 Å². The summed E-state index contributed by atoms with van der Waals surface area (Å²) in [6.45, 7) is 10.8. The van der Waals surface area contributed by atoms with Gasteiger partial charge in [-0.05, 0) is 36.9 Å². The number of rotatable bonds is 4. The molecule has 4 nitrogen and oxygen atoms in total. The standard InChI is InChI=1S/C13H26O4Si/c1-13(2,3)18(4,5)17-10-6-9(8-14)11(7-10)12(15)16/h9-11,14H,6-8H2,1-5H3,(H,15,16)/t9-,10?,11+/m0/s1. The number of carbonyl (C=O) groups is 1. The fourth-order valence-corrected chi connectivity index (χ4v) is 3.65. The molecule has 3 atom stereocenters. The van der Waals surface area contributed by atoms with Crippen molar-refractivity contribution in [2.75, 3.05) is 6.61 Å². The molecule has 106 valence electrons. The highest BCUT2D eigenvalue weighted by molar-refractivity contribution is 6.74. The molecule has 0 saturated heterocycles. The van der Waals surface area contributed by atoms with E-state index in [4.69, 9.17) is 9.53 Å². The Balaban J connectivity index is 2.69. The Bertz CT molecular complexity index is 309. The molecule has 0 amide bonds. The van der Waals surface area contributed by atoms with Gasteiger partial charge in [0, 0.05) is 12.7 Å². The van der Waals surface area contributed by atoms with Gasteiger partial charge in [0.1, 0.15) is 0 Å². The van der Waals surface area contributed by atoms with Gasteiger partial charge in [-0.25, -0.2) is 0 Å². The molecule has 0 aromatic carbocycles. The Labute approximate surface area is 110 Å². The van der Waals surface area contributed by atoms with Crippen LogP contribution in [-0.4, -0.2) is 37.2 Å². The number of aliphatic hydroxyl groups is 1. The van der Waals surface area contributed by atoms with Crippen molar-refractivity contribution >= 4 is 14.3 Å². The predicted molar refractivity (Wildman–Crippen MR) is 73.0 cm³/mol. The van der Waals surface area contributed by atoms with Crippen LogP contribution in [0.15, 0.2) is 0 Å². The lowest BCUT2D eigenvalue weighted by Crippen LogP contribution is -2.43. The Morgan fingerprint density at radius 2 is 1.89 bits per heavy atom. The highest BCUT2D eigenvalue weighted by Crippen LogP contribution is 2.41. The predicted octanol–water partition coefficient (Wildman–Crippen LogP) is 2.48. The van der Waals surface area contributed by atoms with Gasteiger partial charge in [0.05, 0.1) is 5.92 Å². The first kappa shape index (κ1) is 15.7. The molecule has 1 rings (SSSR count). The molecule has 2 N–H and O–H groups in total. The van der Waals surface area contributed by atoms with Gasteiger partial charge in [0.15, 0.2) is 8.32 Å². The fraction of sp³-hybridized carbons (Fsp3) is 0.923. The third kappa shape index (κ3) is 3.33. The molecule has 1 aliphatic carbocycles. The highest BCUT2D eigenvalue weighted by atomic mass is 28.4. The van der Waals surface area contributed by atoms with E-state index < -0.39 is 20.2 Å². The summed E-state index contributed by atoms with van der Waals surface area (Å²) in [6.07, 6.45) is 1.19. The van der Waals surface area contributed by atoms with Gasteiger partial charge in [-0.1, -0.05) is 20.8 Å². The molecule has 0 radical (unpaired) electrons. The lowest BCUT2D eigenvalue weighted by Gasteiger charge is -2.38. The molecule has 0 spiro atoms. The van der Waals surface area contributed by atoms with Crippen LogP contribution in [0.4, 0.5) is 0 Å². The van der Waals surface area contributed by atoms with Gasteiger partial charge in [-0.2, -0.15) is 0 Å². The van der Waals surface area contributed by atoms with Crippen molar-refractivity contribution in [2.45, 2.75) is 57.8 Å². The maximum Gasteiger partial charge on any atom is 0.306 e. The first-order valence-corrected chi connectivity index (χ1v) is 9.51. The van der Waals surface area contributed by atoms with E-state index in [0.29, 0.717) is 12.8 Å². The van der Waals surface area contributed by atoms with Crippen molar-refractivity contribution in [2.24, 2.45) is 11.8 Å². The minimum absolute atomic E-state index is 0.0101. The van der Waals surface area contributed by atoms with Crippen LogP contribution in [0.5, 0.6) is 0 Å². The average molecular weight is 274 g/mol. The van der Waals surface area contributed by atoms with Crippen LogP contribution in [0, 0.1) is 11.8 Å². The van der Waals surface area contributed by atoms with Gasteiger partial charge in [0.25, 0.3) is 0 Å². The Morgan fingerprint density at radius 1 is 1.33 bits per heavy atom. The van der Waals surface area contributed by atoms with Gasteiger partial charge in [0.2, 0.25) is 0 Å². The summed E-state index contributed by atoms with van der Waals surface area (Å²) in [5, 5.41) is 18.5. The number of aliphatic carboxylic acids is 1. The van der Waals surface area contributed by atoms with Gasteiger partial charge >= 0.3 is 5.97 Å². The van der Waals surface area contributed by atoms with Crippen molar-refractivity contribution in [1.29, 1.82) is 0 Å². The van der Waals surface area contributed by atoms with E-state index in [2.05, 4.69) is 33.9 Å². The van der Waals surface area contributed by atoms with Gasteiger partial charge < -0.3 is 14.6 Å². The van der Waals surface area contributed by atoms with Crippen molar-refractivity contribution in [3.8, 4) is 0 Å².